The minimum absolute atomic E-state index is 0.527. The zero-order chi connectivity index (χ0) is 13.1. The summed E-state index contributed by atoms with van der Waals surface area (Å²) in [5.74, 6) is 0.842. The van der Waals surface area contributed by atoms with Crippen molar-refractivity contribution < 1.29 is 4.74 Å². The molecule has 2 heterocycles. The summed E-state index contributed by atoms with van der Waals surface area (Å²) in [6, 6.07) is 9.95. The lowest BCUT2D eigenvalue weighted by Gasteiger charge is -2.05. The first-order valence-corrected chi connectivity index (χ1v) is 7.85. The third-order valence-corrected chi connectivity index (χ3v) is 4.66. The van der Waals surface area contributed by atoms with Gasteiger partial charge >= 0.3 is 0 Å². The molecule has 3 aromatic rings. The average molecular weight is 288 g/mol. The zero-order valence-electron chi connectivity index (χ0n) is 10.4. The SMILES string of the molecule is CSc1nc2cc(OCc3cccnc3)ccc2s1. The molecule has 5 heteroatoms. The van der Waals surface area contributed by atoms with E-state index in [-0.39, 0.29) is 0 Å². The number of nitrogens with zero attached hydrogens (tertiary/aromatic N) is 2. The molecule has 19 heavy (non-hydrogen) atoms. The Kier molecular flexibility index (Phi) is 3.66. The van der Waals surface area contributed by atoms with Crippen LogP contribution in [0.3, 0.4) is 0 Å². The van der Waals surface area contributed by atoms with Gasteiger partial charge in [0.15, 0.2) is 4.34 Å². The molecule has 0 amide bonds. The van der Waals surface area contributed by atoms with Gasteiger partial charge in [-0.05, 0) is 24.5 Å². The van der Waals surface area contributed by atoms with Gasteiger partial charge in [-0.2, -0.15) is 0 Å². The predicted molar refractivity (Wildman–Crippen MR) is 80.0 cm³/mol. The first kappa shape index (κ1) is 12.4. The molecule has 0 N–H and O–H groups in total. The maximum atomic E-state index is 5.76. The smallest absolute Gasteiger partial charge is 0.150 e. The van der Waals surface area contributed by atoms with E-state index in [4.69, 9.17) is 4.74 Å². The largest absolute Gasteiger partial charge is 0.489 e. The van der Waals surface area contributed by atoms with Crippen LogP contribution >= 0.6 is 23.1 Å². The van der Waals surface area contributed by atoms with E-state index in [1.807, 2.05) is 36.7 Å². The Morgan fingerprint density at radius 1 is 1.32 bits per heavy atom. The molecule has 0 bridgehead atoms. The molecule has 96 valence electrons. The maximum Gasteiger partial charge on any atom is 0.150 e. The number of aromatic nitrogens is 2. The third kappa shape index (κ3) is 2.88. The lowest BCUT2D eigenvalue weighted by molar-refractivity contribution is 0.306. The fourth-order valence-electron chi connectivity index (χ4n) is 1.71. The third-order valence-electron chi connectivity index (χ3n) is 2.64. The van der Waals surface area contributed by atoms with Crippen LogP contribution in [0.25, 0.3) is 10.2 Å². The molecule has 0 fully saturated rings. The Morgan fingerprint density at radius 3 is 3.05 bits per heavy atom. The van der Waals surface area contributed by atoms with Crippen LogP contribution < -0.4 is 4.74 Å². The number of hydrogen-bond donors (Lipinski definition) is 0. The second kappa shape index (κ2) is 5.59. The molecule has 0 radical (unpaired) electrons. The van der Waals surface area contributed by atoms with Crippen molar-refractivity contribution in [3.8, 4) is 5.75 Å². The minimum atomic E-state index is 0.527. The summed E-state index contributed by atoms with van der Waals surface area (Å²) in [6.07, 6.45) is 5.61. The van der Waals surface area contributed by atoms with Crippen molar-refractivity contribution >= 4 is 33.3 Å². The van der Waals surface area contributed by atoms with E-state index >= 15 is 0 Å². The molecular formula is C14H12N2OS2. The van der Waals surface area contributed by atoms with Gasteiger partial charge in [0.2, 0.25) is 0 Å². The topological polar surface area (TPSA) is 35.0 Å². The van der Waals surface area contributed by atoms with E-state index in [9.17, 15) is 0 Å². The Bertz CT molecular complexity index is 682. The predicted octanol–water partition coefficient (Wildman–Crippen LogP) is 3.99. The summed E-state index contributed by atoms with van der Waals surface area (Å²) in [6.45, 7) is 0.527. The Morgan fingerprint density at radius 2 is 2.26 bits per heavy atom. The van der Waals surface area contributed by atoms with Crippen molar-refractivity contribution in [2.45, 2.75) is 10.9 Å². The Labute approximate surface area is 119 Å². The normalized spacial score (nSPS) is 10.8. The van der Waals surface area contributed by atoms with Crippen LogP contribution in [-0.4, -0.2) is 16.2 Å². The van der Waals surface area contributed by atoms with Gasteiger partial charge in [0.1, 0.15) is 12.4 Å². The summed E-state index contributed by atoms with van der Waals surface area (Å²) in [4.78, 5) is 8.60. The molecule has 0 atom stereocenters. The first-order valence-electron chi connectivity index (χ1n) is 5.81. The summed E-state index contributed by atoms with van der Waals surface area (Å²) in [7, 11) is 0. The van der Waals surface area contributed by atoms with Crippen LogP contribution in [0.5, 0.6) is 5.75 Å². The maximum absolute atomic E-state index is 5.76. The molecular weight excluding hydrogens is 276 g/mol. The quantitative estimate of drug-likeness (QED) is 0.680. The van der Waals surface area contributed by atoms with Gasteiger partial charge in [-0.25, -0.2) is 4.98 Å². The highest BCUT2D eigenvalue weighted by molar-refractivity contribution is 8.00. The van der Waals surface area contributed by atoms with Crippen LogP contribution in [0.15, 0.2) is 47.1 Å². The van der Waals surface area contributed by atoms with E-state index in [1.54, 1.807) is 29.3 Å². The Hall–Kier alpha value is -1.59. The number of thioether (sulfide) groups is 1. The van der Waals surface area contributed by atoms with E-state index < -0.39 is 0 Å². The number of ether oxygens (including phenoxy) is 1. The standard InChI is InChI=1S/C14H12N2OS2/c1-18-14-16-12-7-11(4-5-13(12)19-14)17-9-10-3-2-6-15-8-10/h2-8H,9H2,1H3. The molecule has 0 aliphatic carbocycles. The first-order chi connectivity index (χ1) is 9.35. The fourth-order valence-corrected chi connectivity index (χ4v) is 3.18. The number of fused-ring (bicyclic) bond motifs is 1. The molecule has 0 aliphatic rings. The van der Waals surface area contributed by atoms with Crippen LogP contribution in [0, 0.1) is 0 Å². The van der Waals surface area contributed by atoms with Crippen molar-refractivity contribution in [1.29, 1.82) is 0 Å². The van der Waals surface area contributed by atoms with E-state index in [2.05, 4.69) is 16.0 Å². The highest BCUT2D eigenvalue weighted by Crippen LogP contribution is 2.30. The average Bonchev–Trinajstić information content (AvgIpc) is 2.88. The highest BCUT2D eigenvalue weighted by atomic mass is 32.2. The molecule has 0 spiro atoms. The van der Waals surface area contributed by atoms with Crippen LogP contribution in [-0.2, 0) is 6.61 Å². The van der Waals surface area contributed by atoms with Crippen molar-refractivity contribution in [3.05, 3.63) is 48.3 Å². The van der Waals surface area contributed by atoms with E-state index in [1.165, 1.54) is 4.70 Å². The molecule has 0 saturated carbocycles. The molecule has 0 saturated heterocycles. The second-order valence-corrected chi connectivity index (χ2v) is 6.05. The molecule has 0 unspecified atom stereocenters. The van der Waals surface area contributed by atoms with Crippen LogP contribution in [0.2, 0.25) is 0 Å². The van der Waals surface area contributed by atoms with E-state index in [0.29, 0.717) is 6.61 Å². The van der Waals surface area contributed by atoms with Crippen LogP contribution in [0.1, 0.15) is 5.56 Å². The van der Waals surface area contributed by atoms with Crippen molar-refractivity contribution in [2.24, 2.45) is 0 Å². The van der Waals surface area contributed by atoms with E-state index in [0.717, 1.165) is 21.2 Å². The summed E-state index contributed by atoms with van der Waals surface area (Å²) >= 11 is 3.38. The Balaban J connectivity index is 1.78. The summed E-state index contributed by atoms with van der Waals surface area (Å²) in [5.41, 5.74) is 2.06. The number of benzene rings is 1. The molecule has 3 rings (SSSR count). The van der Waals surface area contributed by atoms with Gasteiger partial charge < -0.3 is 4.74 Å². The fraction of sp³-hybridized carbons (Fsp3) is 0.143. The van der Waals surface area contributed by atoms with Gasteiger partial charge in [0.05, 0.1) is 10.2 Å². The van der Waals surface area contributed by atoms with Gasteiger partial charge in [0, 0.05) is 24.0 Å². The molecule has 1 aromatic carbocycles. The zero-order valence-corrected chi connectivity index (χ0v) is 12.0. The summed E-state index contributed by atoms with van der Waals surface area (Å²) in [5, 5.41) is 0. The number of hydrogen-bond acceptors (Lipinski definition) is 5. The number of thiazole rings is 1. The van der Waals surface area contributed by atoms with Gasteiger partial charge in [-0.1, -0.05) is 17.8 Å². The lowest BCUT2D eigenvalue weighted by atomic mass is 10.3. The van der Waals surface area contributed by atoms with Crippen LogP contribution in [0.4, 0.5) is 0 Å². The van der Waals surface area contributed by atoms with Gasteiger partial charge in [-0.3, -0.25) is 4.98 Å². The van der Waals surface area contributed by atoms with Crippen molar-refractivity contribution in [2.75, 3.05) is 6.26 Å². The minimum Gasteiger partial charge on any atom is -0.489 e. The second-order valence-electron chi connectivity index (χ2n) is 3.96. The van der Waals surface area contributed by atoms with Crippen molar-refractivity contribution in [1.82, 2.24) is 9.97 Å². The molecule has 2 aromatic heterocycles. The summed E-state index contributed by atoms with van der Waals surface area (Å²) < 4.78 is 8.04. The lowest BCUT2D eigenvalue weighted by Crippen LogP contribution is -1.95. The van der Waals surface area contributed by atoms with Crippen molar-refractivity contribution in [3.63, 3.8) is 0 Å². The number of pyridine rings is 1. The van der Waals surface area contributed by atoms with Gasteiger partial charge in [-0.15, -0.1) is 11.3 Å². The van der Waals surface area contributed by atoms with Gasteiger partial charge in [0.25, 0.3) is 0 Å². The highest BCUT2D eigenvalue weighted by Gasteiger charge is 2.04. The molecule has 3 nitrogen and oxygen atoms in total. The number of rotatable bonds is 4. The molecule has 0 aliphatic heterocycles. The monoisotopic (exact) mass is 288 g/mol.